The van der Waals surface area contributed by atoms with Crippen LogP contribution in [0.4, 0.5) is 0 Å². The molecular weight excluding hydrogens is 350 g/mol. The summed E-state index contributed by atoms with van der Waals surface area (Å²) in [5, 5.41) is 7.10. The fourth-order valence-electron chi connectivity index (χ4n) is 0. The molecule has 0 aliphatic carbocycles. The minimum Gasteiger partial charge on any atom is -0.822 e. The summed E-state index contributed by atoms with van der Waals surface area (Å²) in [6.45, 7) is 0. The summed E-state index contributed by atoms with van der Waals surface area (Å²) < 4.78 is 17.1. The minimum atomic E-state index is -5.39. The summed E-state index contributed by atoms with van der Waals surface area (Å²) in [7, 11) is -10.8. The first-order chi connectivity index (χ1) is 5.41. The Morgan fingerprint density at radius 3 is 0.812 bits per heavy atom. The fraction of sp³-hybridized carbons (Fsp3) is 0. The van der Waals surface area contributed by atoms with Gasteiger partial charge in [0.15, 0.2) is 6.19 Å². The summed E-state index contributed by atoms with van der Waals surface area (Å²) in [4.78, 5) is 51.3. The Bertz CT molecular complexity index is 206. The molecule has 0 aliphatic heterocycles. The van der Waals surface area contributed by atoms with E-state index in [-0.39, 0.29) is 113 Å². The molecule has 80 valence electrons. The summed E-state index contributed by atoms with van der Waals surface area (Å²) >= 11 is 0. The first-order valence-corrected chi connectivity index (χ1v) is 4.89. The molecule has 16 heavy (non-hydrogen) atoms. The van der Waals surface area contributed by atoms with E-state index in [2.05, 4.69) is 5.73 Å². The average Bonchev–Trinajstić information content (AvgIpc) is 1.52. The largest absolute Gasteiger partial charge is 2.00 e. The molecule has 0 aromatic rings. The number of nitrogens with zero attached hydrogens (tertiary/aromatic N) is 1. The Kier molecular flexibility index (Phi) is 47.0. The van der Waals surface area contributed by atoms with Crippen molar-refractivity contribution in [2.24, 2.45) is 5.73 Å². The van der Waals surface area contributed by atoms with Gasteiger partial charge in [-0.15, -0.1) is 0 Å². The Labute approximate surface area is 181 Å². The molecule has 10 nitrogen and oxygen atoms in total. The van der Waals surface area contributed by atoms with Crippen LogP contribution in [0.5, 0.6) is 0 Å². The average molecular weight is 352 g/mol. The molecule has 0 amide bonds. The van der Waals surface area contributed by atoms with Crippen LogP contribution >= 0.6 is 15.6 Å². The van der Waals surface area contributed by atoms with E-state index >= 15 is 0 Å². The molecule has 0 saturated heterocycles. The SMILES string of the molecule is N#CN.O=P([O-])([O-])[O-].O=P([O-])([O-])[O-].[Ca+2].[Ca+2].[Ca+2]. The van der Waals surface area contributed by atoms with Gasteiger partial charge in [0.25, 0.3) is 0 Å². The smallest absolute Gasteiger partial charge is 0.822 e. The zero-order valence-electron chi connectivity index (χ0n) is 7.81. The van der Waals surface area contributed by atoms with Crippen LogP contribution in [0.15, 0.2) is 0 Å². The van der Waals surface area contributed by atoms with Crippen molar-refractivity contribution in [3.05, 3.63) is 0 Å². The van der Waals surface area contributed by atoms with Gasteiger partial charge in [-0.1, -0.05) is 0 Å². The van der Waals surface area contributed by atoms with Crippen molar-refractivity contribution in [3.63, 3.8) is 0 Å². The molecule has 0 aromatic heterocycles. The van der Waals surface area contributed by atoms with Gasteiger partial charge in [0.1, 0.15) is 0 Å². The molecule has 0 atom stereocenters. The van der Waals surface area contributed by atoms with Gasteiger partial charge in [0.05, 0.1) is 0 Å². The fourth-order valence-corrected chi connectivity index (χ4v) is 0. The Hall–Kier alpha value is 3.29. The van der Waals surface area contributed by atoms with E-state index < -0.39 is 15.6 Å². The van der Waals surface area contributed by atoms with Gasteiger partial charge in [-0.05, 0) is 0 Å². The summed E-state index contributed by atoms with van der Waals surface area (Å²) in [5.41, 5.74) is 4.15. The monoisotopic (exact) mass is 352 g/mol. The van der Waals surface area contributed by atoms with Crippen molar-refractivity contribution >= 4 is 129 Å². The standard InChI is InChI=1S/CH2N2.3Ca.2H3O4P/c2-1-3;;;;2*1-5(2,3)4/h2H2;;;;2*(H3,1,2,3,4)/q;3*+2;;/p-6. The topological polar surface area (TPSA) is 222 Å². The first kappa shape index (κ1) is 36.5. The van der Waals surface area contributed by atoms with Gasteiger partial charge in [-0.3, -0.25) is 0 Å². The third-order valence-corrected chi connectivity index (χ3v) is 0. The molecule has 0 saturated carbocycles. The van der Waals surface area contributed by atoms with Crippen molar-refractivity contribution in [2.75, 3.05) is 0 Å². The van der Waals surface area contributed by atoms with Crippen molar-refractivity contribution in [2.45, 2.75) is 0 Å². The minimum absolute atomic E-state index is 0. The summed E-state index contributed by atoms with van der Waals surface area (Å²) in [6.07, 6.45) is 1.25. The third-order valence-electron chi connectivity index (χ3n) is 0. The number of phosphoric acid groups is 2. The third kappa shape index (κ3) is 424. The van der Waals surface area contributed by atoms with Crippen LogP contribution in [0.2, 0.25) is 0 Å². The predicted octanol–water partition coefficient (Wildman–Crippen LogP) is -7.37. The van der Waals surface area contributed by atoms with E-state index in [1.54, 1.807) is 0 Å². The molecule has 0 fully saturated rings. The van der Waals surface area contributed by atoms with Crippen LogP contribution in [0.1, 0.15) is 0 Å². The van der Waals surface area contributed by atoms with Crippen LogP contribution in [-0.4, -0.2) is 113 Å². The Morgan fingerprint density at radius 2 is 0.812 bits per heavy atom. The number of hydrogen-bond acceptors (Lipinski definition) is 10. The van der Waals surface area contributed by atoms with Gasteiger partial charge >= 0.3 is 113 Å². The van der Waals surface area contributed by atoms with Gasteiger partial charge < -0.3 is 44.2 Å². The van der Waals surface area contributed by atoms with E-state index in [1.807, 2.05) is 0 Å². The second-order valence-corrected chi connectivity index (χ2v) is 2.81. The quantitative estimate of drug-likeness (QED) is 0.187. The van der Waals surface area contributed by atoms with Gasteiger partial charge in [0.2, 0.25) is 0 Å². The number of rotatable bonds is 0. The Morgan fingerprint density at radius 1 is 0.812 bits per heavy atom. The van der Waals surface area contributed by atoms with Crippen LogP contribution < -0.4 is 35.1 Å². The zero-order valence-corrected chi connectivity index (χ0v) is 16.2. The van der Waals surface area contributed by atoms with Crippen molar-refractivity contribution in [1.82, 2.24) is 0 Å². The maximum Gasteiger partial charge on any atom is 2.00 e. The molecule has 0 unspecified atom stereocenters. The van der Waals surface area contributed by atoms with E-state index in [1.165, 1.54) is 6.19 Å². The predicted molar refractivity (Wildman–Crippen MR) is 42.3 cm³/mol. The second kappa shape index (κ2) is 20.6. The number of nitrogens with two attached hydrogens (primary N) is 1. The molecule has 0 spiro atoms. The van der Waals surface area contributed by atoms with E-state index in [0.717, 1.165) is 0 Å². The number of nitriles is 1. The van der Waals surface area contributed by atoms with Crippen molar-refractivity contribution in [1.29, 1.82) is 5.26 Å². The molecule has 15 heteroatoms. The van der Waals surface area contributed by atoms with Crippen LogP contribution in [0.25, 0.3) is 0 Å². The van der Waals surface area contributed by atoms with Crippen LogP contribution in [0, 0.1) is 11.5 Å². The first-order valence-electron chi connectivity index (χ1n) is 1.97. The van der Waals surface area contributed by atoms with E-state index in [0.29, 0.717) is 0 Å². The van der Waals surface area contributed by atoms with Gasteiger partial charge in [0, 0.05) is 0 Å². The summed E-state index contributed by atoms with van der Waals surface area (Å²) in [5.74, 6) is 0. The van der Waals surface area contributed by atoms with E-state index in [4.69, 9.17) is 43.8 Å². The van der Waals surface area contributed by atoms with Crippen molar-refractivity contribution < 1.29 is 38.5 Å². The van der Waals surface area contributed by atoms with Gasteiger partial charge in [-0.2, -0.15) is 20.9 Å². The molecule has 0 rings (SSSR count). The maximum atomic E-state index is 8.55. The second-order valence-electron chi connectivity index (χ2n) is 1.02. The van der Waals surface area contributed by atoms with Crippen LogP contribution in [-0.2, 0) is 9.13 Å². The van der Waals surface area contributed by atoms with Crippen LogP contribution in [0.3, 0.4) is 0 Å². The molecule has 0 aliphatic rings. The zero-order chi connectivity index (χ0) is 11.7. The maximum absolute atomic E-state index is 8.55. The van der Waals surface area contributed by atoms with Crippen molar-refractivity contribution in [3.8, 4) is 6.19 Å². The summed E-state index contributed by atoms with van der Waals surface area (Å²) in [6, 6.07) is 0. The molecule has 0 heterocycles. The van der Waals surface area contributed by atoms with Gasteiger partial charge in [-0.25, -0.2) is 0 Å². The molecule has 0 bridgehead atoms. The number of hydrogen-bond donors (Lipinski definition) is 1. The van der Waals surface area contributed by atoms with E-state index in [9.17, 15) is 0 Å². The Balaban J connectivity index is -0.0000000220. The molecule has 2 N–H and O–H groups in total. The molecule has 0 radical (unpaired) electrons. The molecular formula is CH2Ca3N2O8P2. The normalized spacial score (nSPS) is 7.81. The molecule has 0 aromatic carbocycles.